The van der Waals surface area contributed by atoms with Crippen molar-refractivity contribution in [3.05, 3.63) is 30.5 Å². The number of Topliss-reactive ketones (excluding diaryl/α,β-unsaturated/α-hetero) is 1. The number of aryl methyl sites for hydroxylation is 1. The van der Waals surface area contributed by atoms with Crippen LogP contribution in [0.25, 0.3) is 11.3 Å². The number of nitrogens with one attached hydrogen (secondary N) is 1. The molecule has 0 spiro atoms. The Morgan fingerprint density at radius 2 is 1.86 bits per heavy atom. The van der Waals surface area contributed by atoms with Crippen molar-refractivity contribution < 1.29 is 28.6 Å². The van der Waals surface area contributed by atoms with Crippen LogP contribution in [0.2, 0.25) is 0 Å². The van der Waals surface area contributed by atoms with Gasteiger partial charge in [-0.15, -0.1) is 5.10 Å². The molecule has 43 heavy (non-hydrogen) atoms. The van der Waals surface area contributed by atoms with E-state index in [4.69, 9.17) is 19.9 Å². The van der Waals surface area contributed by atoms with Crippen molar-refractivity contribution >= 4 is 23.5 Å². The maximum absolute atomic E-state index is 13.0. The quantitative estimate of drug-likeness (QED) is 0.208. The van der Waals surface area contributed by atoms with Gasteiger partial charge in [0.2, 0.25) is 0 Å². The molecule has 2 aromatic rings. The van der Waals surface area contributed by atoms with Crippen molar-refractivity contribution in [2.75, 3.05) is 26.0 Å². The molecule has 12 heteroatoms. The Bertz CT molecular complexity index is 1200. The molecular formula is C31H48N6O6. The van der Waals surface area contributed by atoms with Gasteiger partial charge in [0.1, 0.15) is 24.0 Å². The number of benzene rings is 1. The number of unbranched alkanes of at least 4 members (excludes halogenated alkanes) is 1. The van der Waals surface area contributed by atoms with Crippen LogP contribution in [0.3, 0.4) is 0 Å². The summed E-state index contributed by atoms with van der Waals surface area (Å²) in [4.78, 5) is 39.9. The van der Waals surface area contributed by atoms with Gasteiger partial charge < -0.3 is 25.3 Å². The zero-order valence-electron chi connectivity index (χ0n) is 26.3. The molecule has 1 amide bonds. The number of carbonyl (C=O) groups is 3. The number of fused-ring (bicyclic) bond motifs is 1. The number of ether oxygens (including phenoxy) is 3. The molecule has 6 unspecified atom stereocenters. The lowest BCUT2D eigenvalue weighted by Crippen LogP contribution is -2.54. The number of methoxy groups -OCH3 is 1. The van der Waals surface area contributed by atoms with Crippen molar-refractivity contribution in [3.8, 4) is 11.3 Å². The number of anilines is 1. The molecule has 1 aromatic carbocycles. The number of rotatable bonds is 7. The molecule has 1 aromatic heterocycles. The lowest BCUT2D eigenvalue weighted by Gasteiger charge is -2.33. The number of hydrogen-bond donors (Lipinski definition) is 2. The van der Waals surface area contributed by atoms with Gasteiger partial charge in [-0.1, -0.05) is 31.2 Å². The van der Waals surface area contributed by atoms with Crippen LogP contribution in [0.4, 0.5) is 10.5 Å². The third-order valence-electron chi connectivity index (χ3n) is 7.93. The summed E-state index contributed by atoms with van der Waals surface area (Å²) in [6, 6.07) is 7.07. The second-order valence-corrected chi connectivity index (χ2v) is 11.1. The molecular weight excluding hydrogens is 552 g/mol. The second-order valence-electron chi connectivity index (χ2n) is 11.1. The number of hydrogen-bond acceptors (Lipinski definition) is 10. The van der Waals surface area contributed by atoms with Crippen LogP contribution in [0.15, 0.2) is 30.5 Å². The monoisotopic (exact) mass is 600 g/mol. The lowest BCUT2D eigenvalue weighted by atomic mass is 9.96. The molecule has 2 saturated heterocycles. The molecule has 0 aliphatic carbocycles. The van der Waals surface area contributed by atoms with Gasteiger partial charge in [-0.25, -0.2) is 4.79 Å². The standard InChI is InChI=1S/C29H42N6O6.C2H6/c1-18-14-23(39-4)10-11-25(36)19(2)28(37)40-17-26-27(20(3)31-18)35(29(38)41-26)13-6-5-12-34-16-24(32-33-34)21-8-7-9-22(30)15-21;1-2/h7-9,15-16,18-20,23,26-27,31H,5-6,10-14,17,30H2,1-4H3;1-2H3. The van der Waals surface area contributed by atoms with E-state index in [-0.39, 0.29) is 43.0 Å². The van der Waals surface area contributed by atoms with Crippen molar-refractivity contribution in [3.63, 3.8) is 0 Å². The van der Waals surface area contributed by atoms with E-state index >= 15 is 0 Å². The molecule has 3 N–H and O–H groups in total. The number of esters is 1. The summed E-state index contributed by atoms with van der Waals surface area (Å²) in [6.45, 7) is 10.6. The number of nitrogen functional groups attached to an aromatic ring is 1. The van der Waals surface area contributed by atoms with Gasteiger partial charge in [-0.2, -0.15) is 0 Å². The van der Waals surface area contributed by atoms with Crippen LogP contribution in [0.1, 0.15) is 66.7 Å². The zero-order chi connectivity index (χ0) is 31.5. The molecule has 12 nitrogen and oxygen atoms in total. The van der Waals surface area contributed by atoms with E-state index in [2.05, 4.69) is 22.6 Å². The normalized spacial score (nSPS) is 26.9. The van der Waals surface area contributed by atoms with Gasteiger partial charge in [0.25, 0.3) is 0 Å². The summed E-state index contributed by atoms with van der Waals surface area (Å²) in [5.41, 5.74) is 8.20. The Morgan fingerprint density at radius 1 is 1.12 bits per heavy atom. The summed E-state index contributed by atoms with van der Waals surface area (Å²) < 4.78 is 18.6. The first kappa shape index (κ1) is 34.0. The first-order valence-corrected chi connectivity index (χ1v) is 15.4. The Kier molecular flexibility index (Phi) is 12.9. The number of cyclic esters (lactones) is 1. The van der Waals surface area contributed by atoms with Crippen molar-refractivity contribution in [2.45, 2.75) is 104 Å². The number of ketones is 1. The molecule has 6 atom stereocenters. The van der Waals surface area contributed by atoms with Crippen LogP contribution in [-0.4, -0.2) is 88.3 Å². The second kappa shape index (κ2) is 16.4. The van der Waals surface area contributed by atoms with Crippen molar-refractivity contribution in [2.24, 2.45) is 5.92 Å². The van der Waals surface area contributed by atoms with E-state index in [9.17, 15) is 14.4 Å². The molecule has 4 rings (SSSR count). The molecule has 2 fully saturated rings. The first-order chi connectivity index (χ1) is 20.7. The summed E-state index contributed by atoms with van der Waals surface area (Å²) in [5.74, 6) is -1.67. The average molecular weight is 601 g/mol. The van der Waals surface area contributed by atoms with Crippen LogP contribution < -0.4 is 11.1 Å². The Hall–Kier alpha value is -3.51. The zero-order valence-corrected chi connectivity index (χ0v) is 26.3. The lowest BCUT2D eigenvalue weighted by molar-refractivity contribution is -0.154. The maximum atomic E-state index is 13.0. The fourth-order valence-corrected chi connectivity index (χ4v) is 5.63. The fraction of sp³-hybridized carbons (Fsp3) is 0.645. The Balaban J connectivity index is 0.00000248. The molecule has 0 radical (unpaired) electrons. The smallest absolute Gasteiger partial charge is 0.410 e. The number of aromatic nitrogens is 3. The van der Waals surface area contributed by atoms with E-state index in [0.717, 1.165) is 17.7 Å². The SMILES string of the molecule is CC.COC1CCC(=O)C(C)C(=O)OCC2OC(=O)N(CCCCn3cc(-c4cccc(N)c4)nn3)C2C(C)NC(C)C1. The number of nitrogens with two attached hydrogens (primary N) is 1. The van der Waals surface area contributed by atoms with Gasteiger partial charge in [0.15, 0.2) is 6.10 Å². The number of amides is 1. The van der Waals surface area contributed by atoms with Crippen LogP contribution in [-0.2, 0) is 30.3 Å². The Labute approximate surface area is 254 Å². The first-order valence-electron chi connectivity index (χ1n) is 15.4. The van der Waals surface area contributed by atoms with Gasteiger partial charge in [0.05, 0.1) is 18.3 Å². The predicted octanol–water partition coefficient (Wildman–Crippen LogP) is 3.84. The highest BCUT2D eigenvalue weighted by Crippen LogP contribution is 2.26. The molecule has 0 saturated carbocycles. The van der Waals surface area contributed by atoms with E-state index < -0.39 is 24.1 Å². The maximum Gasteiger partial charge on any atom is 0.410 e. The van der Waals surface area contributed by atoms with Crippen LogP contribution in [0, 0.1) is 5.92 Å². The van der Waals surface area contributed by atoms with E-state index in [1.165, 1.54) is 0 Å². The van der Waals surface area contributed by atoms with Gasteiger partial charge in [-0.05, 0) is 58.6 Å². The summed E-state index contributed by atoms with van der Waals surface area (Å²) in [6.07, 6.45) is 3.59. The minimum atomic E-state index is -0.883. The predicted molar refractivity (Wildman–Crippen MR) is 163 cm³/mol. The van der Waals surface area contributed by atoms with E-state index in [1.807, 2.05) is 51.2 Å². The molecule has 2 aliphatic rings. The fourth-order valence-electron chi connectivity index (χ4n) is 5.63. The minimum absolute atomic E-state index is 0.0626. The summed E-state index contributed by atoms with van der Waals surface area (Å²) >= 11 is 0. The Morgan fingerprint density at radius 3 is 2.58 bits per heavy atom. The topological polar surface area (TPSA) is 151 Å². The molecule has 2 aliphatic heterocycles. The summed E-state index contributed by atoms with van der Waals surface area (Å²) in [5, 5.41) is 12.1. The third kappa shape index (κ3) is 9.24. The van der Waals surface area contributed by atoms with Crippen molar-refractivity contribution in [1.29, 1.82) is 0 Å². The largest absolute Gasteiger partial charge is 0.461 e. The van der Waals surface area contributed by atoms with E-state index in [0.29, 0.717) is 38.0 Å². The molecule has 0 bridgehead atoms. The molecule has 238 valence electrons. The number of nitrogens with zero attached hydrogens (tertiary/aromatic N) is 4. The summed E-state index contributed by atoms with van der Waals surface area (Å²) in [7, 11) is 1.63. The highest BCUT2D eigenvalue weighted by molar-refractivity contribution is 5.98. The number of carbonyl (C=O) groups excluding carboxylic acids is 3. The van der Waals surface area contributed by atoms with Crippen LogP contribution in [0.5, 0.6) is 0 Å². The van der Waals surface area contributed by atoms with E-state index in [1.54, 1.807) is 23.6 Å². The average Bonchev–Trinajstić information content (AvgIpc) is 3.60. The van der Waals surface area contributed by atoms with Gasteiger partial charge in [-0.3, -0.25) is 19.2 Å². The highest BCUT2D eigenvalue weighted by Gasteiger charge is 2.45. The molecule has 3 heterocycles. The highest BCUT2D eigenvalue weighted by atomic mass is 16.6. The van der Waals surface area contributed by atoms with Gasteiger partial charge in [0, 0.05) is 50.0 Å². The van der Waals surface area contributed by atoms with Crippen LogP contribution >= 0.6 is 0 Å². The third-order valence-corrected chi connectivity index (χ3v) is 7.93. The van der Waals surface area contributed by atoms with Gasteiger partial charge >= 0.3 is 12.1 Å². The van der Waals surface area contributed by atoms with Crippen molar-refractivity contribution in [1.82, 2.24) is 25.2 Å². The minimum Gasteiger partial charge on any atom is -0.461 e.